The van der Waals surface area contributed by atoms with E-state index in [1.807, 2.05) is 0 Å². The van der Waals surface area contributed by atoms with Gasteiger partial charge in [0.05, 0.1) is 12.5 Å². The second-order valence-corrected chi connectivity index (χ2v) is 5.51. The first-order valence-corrected chi connectivity index (χ1v) is 7.71. The van der Waals surface area contributed by atoms with Crippen LogP contribution in [0.15, 0.2) is 0 Å². The highest BCUT2D eigenvalue weighted by Crippen LogP contribution is 2.19. The molecule has 2 atom stereocenters. The van der Waals surface area contributed by atoms with Crippen molar-refractivity contribution in [3.05, 3.63) is 0 Å². The third-order valence-corrected chi connectivity index (χ3v) is 3.55. The van der Waals surface area contributed by atoms with Crippen molar-refractivity contribution in [2.24, 2.45) is 0 Å². The van der Waals surface area contributed by atoms with E-state index in [-0.39, 0.29) is 24.7 Å². The van der Waals surface area contributed by atoms with Crippen LogP contribution in [-0.4, -0.2) is 54.6 Å². The van der Waals surface area contributed by atoms with Crippen molar-refractivity contribution in [1.29, 1.82) is 0 Å². The van der Waals surface area contributed by atoms with Gasteiger partial charge in [-0.05, 0) is 12.8 Å². The van der Waals surface area contributed by atoms with Crippen LogP contribution in [0.2, 0.25) is 0 Å². The summed E-state index contributed by atoms with van der Waals surface area (Å²) in [6.07, 6.45) is 1.05. The number of rotatable bonds is 6. The normalized spacial score (nSPS) is 18.7. The molecule has 23 heavy (non-hydrogen) atoms. The lowest BCUT2D eigenvalue weighted by atomic mass is 9.93. The van der Waals surface area contributed by atoms with Gasteiger partial charge >= 0.3 is 12.1 Å². The van der Waals surface area contributed by atoms with Crippen LogP contribution in [0.25, 0.3) is 0 Å². The van der Waals surface area contributed by atoms with E-state index in [9.17, 15) is 19.2 Å². The fourth-order valence-electron chi connectivity index (χ4n) is 2.34. The van der Waals surface area contributed by atoms with E-state index in [0.717, 1.165) is 12.8 Å². The molecule has 1 N–H and O–H groups in total. The zero-order valence-corrected chi connectivity index (χ0v) is 13.8. The number of Topliss-reactive ketones (excluding diaryl/α,β-unsaturated/α-hetero) is 1. The molecule has 0 aromatic rings. The number of carbonyl (C=O) groups excluding carboxylic acids is 4. The number of ether oxygens (including phenoxy) is 2. The largest absolute Gasteiger partial charge is 0.425 e. The molecule has 1 saturated carbocycles. The van der Waals surface area contributed by atoms with E-state index in [0.29, 0.717) is 12.8 Å². The number of hydrogen-bond acceptors (Lipinski definition) is 6. The van der Waals surface area contributed by atoms with E-state index in [1.54, 1.807) is 0 Å². The second-order valence-electron chi connectivity index (χ2n) is 5.51. The Balaban J connectivity index is 2.36. The summed E-state index contributed by atoms with van der Waals surface area (Å²) in [5.74, 6) is -0.804. The molecule has 1 aliphatic rings. The van der Waals surface area contributed by atoms with Crippen molar-refractivity contribution in [2.45, 2.75) is 58.3 Å². The number of amides is 2. The maximum Gasteiger partial charge on any atom is 0.413 e. The molecule has 0 bridgehead atoms. The van der Waals surface area contributed by atoms with Gasteiger partial charge in [-0.3, -0.25) is 14.4 Å². The summed E-state index contributed by atoms with van der Waals surface area (Å²) in [6.45, 7) is 2.92. The first-order chi connectivity index (χ1) is 10.8. The summed E-state index contributed by atoms with van der Waals surface area (Å²) < 4.78 is 9.94. The fourth-order valence-corrected chi connectivity index (χ4v) is 2.34. The molecule has 0 saturated heterocycles. The minimum Gasteiger partial charge on any atom is -0.425 e. The maximum absolute atomic E-state index is 12.0. The van der Waals surface area contributed by atoms with Crippen molar-refractivity contribution < 1.29 is 28.7 Å². The predicted molar refractivity (Wildman–Crippen MR) is 80.4 cm³/mol. The molecule has 1 rings (SSSR count). The average molecular weight is 328 g/mol. The number of nitrogens with one attached hydrogen (secondary N) is 1. The third-order valence-electron chi connectivity index (χ3n) is 3.55. The van der Waals surface area contributed by atoms with Crippen molar-refractivity contribution >= 4 is 23.8 Å². The second kappa shape index (κ2) is 9.12. The van der Waals surface area contributed by atoms with Crippen LogP contribution < -0.4 is 5.32 Å². The van der Waals surface area contributed by atoms with Gasteiger partial charge in [0, 0.05) is 33.9 Å². The molecule has 130 valence electrons. The minimum atomic E-state index is -1.06. The van der Waals surface area contributed by atoms with Crippen LogP contribution >= 0.6 is 0 Å². The zero-order valence-electron chi connectivity index (χ0n) is 13.8. The van der Waals surface area contributed by atoms with Crippen LogP contribution in [0.4, 0.5) is 4.79 Å². The van der Waals surface area contributed by atoms with Gasteiger partial charge < -0.3 is 19.7 Å². The van der Waals surface area contributed by atoms with Crippen molar-refractivity contribution in [3.63, 3.8) is 0 Å². The summed E-state index contributed by atoms with van der Waals surface area (Å²) in [7, 11) is 1.50. The number of carbonyl (C=O) groups is 4. The Labute approximate surface area is 135 Å². The maximum atomic E-state index is 12.0. The van der Waals surface area contributed by atoms with Gasteiger partial charge in [0.2, 0.25) is 12.2 Å². The molecule has 2 amide bonds. The molecule has 0 heterocycles. The van der Waals surface area contributed by atoms with E-state index >= 15 is 0 Å². The van der Waals surface area contributed by atoms with Crippen LogP contribution in [0, 0.1) is 0 Å². The van der Waals surface area contributed by atoms with E-state index in [2.05, 4.69) is 5.32 Å². The fraction of sp³-hybridized carbons (Fsp3) is 0.733. The highest BCUT2D eigenvalue weighted by Gasteiger charge is 2.30. The van der Waals surface area contributed by atoms with Crippen molar-refractivity contribution in [2.75, 3.05) is 13.6 Å². The molecular formula is C15H24N2O6. The molecule has 1 unspecified atom stereocenters. The lowest BCUT2D eigenvalue weighted by Crippen LogP contribution is -2.45. The number of nitrogens with zero attached hydrogens (tertiary/aromatic N) is 1. The molecular weight excluding hydrogens is 304 g/mol. The molecule has 1 fully saturated rings. The molecule has 0 aromatic carbocycles. The topological polar surface area (TPSA) is 102 Å². The van der Waals surface area contributed by atoms with Crippen LogP contribution in [0.3, 0.4) is 0 Å². The summed E-state index contributed by atoms with van der Waals surface area (Å²) in [5.41, 5.74) is 0. The third kappa shape index (κ3) is 6.66. The van der Waals surface area contributed by atoms with E-state index < -0.39 is 24.4 Å². The standard InChI is InChI=1S/C15H24N2O6/c1-10(18)16-9-8-14(20)22-11(2)23-15(21)17(3)12-6-4-5-7-13(12)19/h11-12H,4-9H2,1-3H3,(H,16,18)/t11?,12-/m1/s1. The molecule has 8 heteroatoms. The number of esters is 1. The number of ketones is 1. The molecule has 0 spiro atoms. The van der Waals surface area contributed by atoms with Crippen LogP contribution in [-0.2, 0) is 23.9 Å². The first kappa shape index (κ1) is 18.9. The van der Waals surface area contributed by atoms with Crippen LogP contribution in [0.1, 0.15) is 46.0 Å². The molecule has 0 aliphatic heterocycles. The van der Waals surface area contributed by atoms with Gasteiger partial charge in [-0.15, -0.1) is 0 Å². The Morgan fingerprint density at radius 1 is 1.30 bits per heavy atom. The van der Waals surface area contributed by atoms with Gasteiger partial charge in [0.25, 0.3) is 0 Å². The highest BCUT2D eigenvalue weighted by molar-refractivity contribution is 5.87. The quantitative estimate of drug-likeness (QED) is 0.576. The summed E-state index contributed by atoms with van der Waals surface area (Å²) in [6, 6.07) is -0.473. The molecule has 8 nitrogen and oxygen atoms in total. The molecule has 0 radical (unpaired) electrons. The van der Waals surface area contributed by atoms with Gasteiger partial charge in [-0.25, -0.2) is 4.79 Å². The zero-order chi connectivity index (χ0) is 17.4. The molecule has 1 aliphatic carbocycles. The summed E-state index contributed by atoms with van der Waals surface area (Å²) in [4.78, 5) is 47.2. The first-order valence-electron chi connectivity index (χ1n) is 7.71. The van der Waals surface area contributed by atoms with Gasteiger partial charge in [-0.1, -0.05) is 6.42 Å². The average Bonchev–Trinajstić information content (AvgIpc) is 2.46. The number of likely N-dealkylation sites (N-methyl/N-ethyl adjacent to an activating group) is 1. The monoisotopic (exact) mass is 328 g/mol. The van der Waals surface area contributed by atoms with Gasteiger partial charge in [0.1, 0.15) is 0 Å². The van der Waals surface area contributed by atoms with Crippen LogP contribution in [0.5, 0.6) is 0 Å². The minimum absolute atomic E-state index is 0.0155. The lowest BCUT2D eigenvalue weighted by molar-refractivity contribution is -0.166. The SMILES string of the molecule is CC(=O)NCCC(=O)OC(C)OC(=O)N(C)[C@@H]1CCCCC1=O. The Kier molecular flexibility index (Phi) is 7.50. The highest BCUT2D eigenvalue weighted by atomic mass is 16.7. The molecule has 0 aromatic heterocycles. The predicted octanol–water partition coefficient (Wildman–Crippen LogP) is 0.982. The van der Waals surface area contributed by atoms with E-state index in [1.165, 1.54) is 25.8 Å². The Hall–Kier alpha value is -2.12. The Morgan fingerprint density at radius 2 is 2.00 bits per heavy atom. The number of hydrogen-bond donors (Lipinski definition) is 1. The smallest absolute Gasteiger partial charge is 0.413 e. The Bertz CT molecular complexity index is 465. The lowest BCUT2D eigenvalue weighted by Gasteiger charge is -2.30. The summed E-state index contributed by atoms with van der Waals surface area (Å²) >= 11 is 0. The van der Waals surface area contributed by atoms with Gasteiger partial charge in [0.15, 0.2) is 5.78 Å². The summed E-state index contributed by atoms with van der Waals surface area (Å²) in [5, 5.41) is 2.46. The van der Waals surface area contributed by atoms with E-state index in [4.69, 9.17) is 9.47 Å². The van der Waals surface area contributed by atoms with Gasteiger partial charge in [-0.2, -0.15) is 0 Å². The van der Waals surface area contributed by atoms with Crippen molar-refractivity contribution in [1.82, 2.24) is 10.2 Å². The Morgan fingerprint density at radius 3 is 2.61 bits per heavy atom. The van der Waals surface area contributed by atoms with Crippen molar-refractivity contribution in [3.8, 4) is 0 Å².